The Hall–Kier alpha value is -2.37. The van der Waals surface area contributed by atoms with E-state index in [2.05, 4.69) is 4.74 Å². The van der Waals surface area contributed by atoms with E-state index in [0.29, 0.717) is 6.42 Å². The summed E-state index contributed by atoms with van der Waals surface area (Å²) in [5, 5.41) is 18.8. The van der Waals surface area contributed by atoms with E-state index in [9.17, 15) is 14.9 Å². The number of allylic oxidation sites excluding steroid dienone is 1. The molecule has 0 radical (unpaired) electrons. The fraction of sp³-hybridized carbons (Fsp3) is 0.438. The number of benzene rings is 1. The molecule has 0 amide bonds. The molecular formula is C16H21NO5. The van der Waals surface area contributed by atoms with Gasteiger partial charge in [0, 0.05) is 12.1 Å². The second kappa shape index (κ2) is 10.4. The van der Waals surface area contributed by atoms with Crippen LogP contribution in [0.2, 0.25) is 0 Å². The minimum absolute atomic E-state index is 0.126. The summed E-state index contributed by atoms with van der Waals surface area (Å²) >= 11 is 0. The summed E-state index contributed by atoms with van der Waals surface area (Å²) in [4.78, 5) is 20.2. The molecule has 0 spiro atoms. The van der Waals surface area contributed by atoms with Crippen molar-refractivity contribution in [1.82, 2.24) is 0 Å². The number of hydrogen-bond acceptors (Lipinski definition) is 4. The minimum atomic E-state index is -1.24. The number of rotatable bonds is 10. The second-order valence-corrected chi connectivity index (χ2v) is 4.90. The largest absolute Gasteiger partial charge is 0.505 e. The van der Waals surface area contributed by atoms with Gasteiger partial charge < -0.3 is 9.84 Å². The molecular weight excluding hydrogens is 286 g/mol. The molecule has 0 heterocycles. The highest BCUT2D eigenvalue weighted by molar-refractivity contribution is 5.56. The molecule has 0 unspecified atom stereocenters. The van der Waals surface area contributed by atoms with Gasteiger partial charge in [0.15, 0.2) is 0 Å². The molecule has 0 aliphatic carbocycles. The third kappa shape index (κ3) is 8.04. The van der Waals surface area contributed by atoms with Crippen LogP contribution in [0.15, 0.2) is 36.4 Å². The lowest BCUT2D eigenvalue weighted by atomic mass is 10.1. The first-order valence-corrected chi connectivity index (χ1v) is 7.33. The van der Waals surface area contributed by atoms with Gasteiger partial charge in [-0.05, 0) is 37.7 Å². The Morgan fingerprint density at radius 3 is 2.45 bits per heavy atom. The van der Waals surface area contributed by atoms with Gasteiger partial charge in [-0.2, -0.15) is 0 Å². The molecule has 0 aliphatic heterocycles. The first kappa shape index (κ1) is 17.7. The van der Waals surface area contributed by atoms with E-state index < -0.39 is 11.1 Å². The number of carbonyl (C=O) groups is 1. The Balaban J connectivity index is 2.04. The number of nitrogens with zero attached hydrogens (tertiary/aromatic N) is 1. The van der Waals surface area contributed by atoms with E-state index in [0.717, 1.165) is 37.7 Å². The van der Waals surface area contributed by atoms with Crippen molar-refractivity contribution in [3.05, 3.63) is 52.1 Å². The zero-order valence-electron chi connectivity index (χ0n) is 12.4. The van der Waals surface area contributed by atoms with Crippen LogP contribution in [0.25, 0.3) is 0 Å². The Kier molecular flexibility index (Phi) is 8.33. The van der Waals surface area contributed by atoms with Crippen LogP contribution in [0.3, 0.4) is 0 Å². The maximum atomic E-state index is 10.5. The number of unbranched alkanes of at least 4 members (excludes halogenated alkanes) is 3. The van der Waals surface area contributed by atoms with Crippen molar-refractivity contribution >= 4 is 11.8 Å². The van der Waals surface area contributed by atoms with Crippen LogP contribution in [0.1, 0.15) is 37.7 Å². The van der Waals surface area contributed by atoms with Crippen LogP contribution in [0.4, 0.5) is 10.5 Å². The smallest absolute Gasteiger partial charge is 0.450 e. The first-order valence-electron chi connectivity index (χ1n) is 7.33. The zero-order chi connectivity index (χ0) is 16.2. The molecule has 0 saturated carbocycles. The number of nitro groups is 1. The number of aryl methyl sites for hydroxylation is 1. The number of non-ortho nitro benzene ring substituents is 1. The highest BCUT2D eigenvalue weighted by atomic mass is 16.7. The number of carboxylic acid groups (broad SMARTS) is 1. The van der Waals surface area contributed by atoms with Crippen LogP contribution < -0.4 is 0 Å². The quantitative estimate of drug-likeness (QED) is 0.228. The van der Waals surface area contributed by atoms with E-state index in [1.54, 1.807) is 12.1 Å². The highest BCUT2D eigenvalue weighted by Gasteiger charge is 2.03. The summed E-state index contributed by atoms with van der Waals surface area (Å²) in [5.41, 5.74) is 1.24. The topological polar surface area (TPSA) is 89.7 Å². The summed E-state index contributed by atoms with van der Waals surface area (Å²) in [6, 6.07) is 6.69. The van der Waals surface area contributed by atoms with Gasteiger partial charge in [-0.25, -0.2) is 4.79 Å². The lowest BCUT2D eigenvalue weighted by Crippen LogP contribution is -2.00. The average Bonchev–Trinajstić information content (AvgIpc) is 2.49. The summed E-state index contributed by atoms with van der Waals surface area (Å²) in [6.45, 7) is 0.200. The molecule has 6 heteroatoms. The van der Waals surface area contributed by atoms with Crippen LogP contribution in [-0.2, 0) is 11.2 Å². The van der Waals surface area contributed by atoms with Crippen molar-refractivity contribution in [2.24, 2.45) is 0 Å². The Bertz CT molecular complexity index is 496. The standard InChI is InChI=1S/C16H21NO5/c18-16(19)22-13-7-5-3-1-2-4-6-8-14-9-11-15(12-10-14)17(20)21/h3,5,9-12H,1-2,4,6-8,13H2,(H,18,19). The van der Waals surface area contributed by atoms with Crippen LogP contribution >= 0.6 is 0 Å². The normalized spacial score (nSPS) is 10.7. The summed E-state index contributed by atoms with van der Waals surface area (Å²) in [6.07, 6.45) is 8.44. The van der Waals surface area contributed by atoms with Crippen molar-refractivity contribution in [3.8, 4) is 0 Å². The number of ether oxygens (including phenoxy) is 1. The molecule has 0 fully saturated rings. The fourth-order valence-corrected chi connectivity index (χ4v) is 2.00. The lowest BCUT2D eigenvalue weighted by molar-refractivity contribution is -0.384. The molecule has 1 aromatic rings. The van der Waals surface area contributed by atoms with Crippen molar-refractivity contribution in [1.29, 1.82) is 0 Å². The lowest BCUT2D eigenvalue weighted by Gasteiger charge is -2.01. The summed E-state index contributed by atoms with van der Waals surface area (Å²) in [5.74, 6) is 0. The molecule has 0 aromatic heterocycles. The van der Waals surface area contributed by atoms with E-state index >= 15 is 0 Å². The minimum Gasteiger partial charge on any atom is -0.450 e. The monoisotopic (exact) mass is 307 g/mol. The number of nitro benzene ring substituents is 1. The Labute approximate surface area is 129 Å². The molecule has 1 N–H and O–H groups in total. The first-order chi connectivity index (χ1) is 10.6. The van der Waals surface area contributed by atoms with Gasteiger partial charge >= 0.3 is 6.16 Å². The van der Waals surface area contributed by atoms with Gasteiger partial charge in [-0.1, -0.05) is 30.7 Å². The van der Waals surface area contributed by atoms with Gasteiger partial charge in [0.1, 0.15) is 0 Å². The van der Waals surface area contributed by atoms with Crippen LogP contribution in [-0.4, -0.2) is 22.8 Å². The molecule has 0 bridgehead atoms. The maximum Gasteiger partial charge on any atom is 0.505 e. The highest BCUT2D eigenvalue weighted by Crippen LogP contribution is 2.14. The SMILES string of the molecule is O=C(O)OCCC=CCCCCCc1ccc([N+](=O)[O-])cc1. The van der Waals surface area contributed by atoms with Gasteiger partial charge in [-0.15, -0.1) is 0 Å². The predicted octanol–water partition coefficient (Wildman–Crippen LogP) is 4.34. The Morgan fingerprint density at radius 2 is 1.82 bits per heavy atom. The van der Waals surface area contributed by atoms with Gasteiger partial charge in [0.2, 0.25) is 0 Å². The van der Waals surface area contributed by atoms with Gasteiger partial charge in [0.25, 0.3) is 5.69 Å². The molecule has 0 aliphatic rings. The third-order valence-corrected chi connectivity index (χ3v) is 3.16. The maximum absolute atomic E-state index is 10.5. The second-order valence-electron chi connectivity index (χ2n) is 4.90. The van der Waals surface area contributed by atoms with E-state index in [1.807, 2.05) is 12.2 Å². The molecule has 1 rings (SSSR count). The molecule has 22 heavy (non-hydrogen) atoms. The van der Waals surface area contributed by atoms with Gasteiger partial charge in [0.05, 0.1) is 11.5 Å². The third-order valence-electron chi connectivity index (χ3n) is 3.16. The van der Waals surface area contributed by atoms with Crippen molar-refractivity contribution in [2.75, 3.05) is 6.61 Å². The zero-order valence-corrected chi connectivity index (χ0v) is 12.4. The van der Waals surface area contributed by atoms with Crippen LogP contribution in [0, 0.1) is 10.1 Å². The number of hydrogen-bond donors (Lipinski definition) is 1. The summed E-state index contributed by atoms with van der Waals surface area (Å²) < 4.78 is 4.38. The molecule has 6 nitrogen and oxygen atoms in total. The van der Waals surface area contributed by atoms with E-state index in [4.69, 9.17) is 5.11 Å². The Morgan fingerprint density at radius 1 is 1.14 bits per heavy atom. The van der Waals surface area contributed by atoms with Crippen molar-refractivity contribution < 1.29 is 19.6 Å². The fourth-order valence-electron chi connectivity index (χ4n) is 2.00. The molecule has 0 atom stereocenters. The average molecular weight is 307 g/mol. The van der Waals surface area contributed by atoms with Crippen molar-refractivity contribution in [3.63, 3.8) is 0 Å². The van der Waals surface area contributed by atoms with Gasteiger partial charge in [-0.3, -0.25) is 10.1 Å². The van der Waals surface area contributed by atoms with E-state index in [-0.39, 0.29) is 12.3 Å². The molecule has 120 valence electrons. The van der Waals surface area contributed by atoms with Crippen molar-refractivity contribution in [2.45, 2.75) is 38.5 Å². The summed E-state index contributed by atoms with van der Waals surface area (Å²) in [7, 11) is 0. The predicted molar refractivity (Wildman–Crippen MR) is 83.0 cm³/mol. The molecule has 0 saturated heterocycles. The molecule has 1 aromatic carbocycles. The van der Waals surface area contributed by atoms with Crippen LogP contribution in [0.5, 0.6) is 0 Å². The van der Waals surface area contributed by atoms with E-state index in [1.165, 1.54) is 12.1 Å².